The molecule has 0 radical (unpaired) electrons. The van der Waals surface area contributed by atoms with Gasteiger partial charge in [0.15, 0.2) is 0 Å². The molecule has 0 unspecified atom stereocenters. The summed E-state index contributed by atoms with van der Waals surface area (Å²) in [7, 11) is 0. The van der Waals surface area contributed by atoms with Gasteiger partial charge < -0.3 is 0 Å². The van der Waals surface area contributed by atoms with Crippen LogP contribution in [0.5, 0.6) is 0 Å². The number of rotatable bonds is 9. The lowest BCUT2D eigenvalue weighted by molar-refractivity contribution is 0.575. The number of unbranched alkanes of at least 4 members (excludes halogenated alkanes) is 7. The van der Waals surface area contributed by atoms with Crippen LogP contribution in [-0.2, 0) is 6.42 Å². The number of hydrogen-bond donors (Lipinski definition) is 0. The Morgan fingerprint density at radius 1 is 0.941 bits per heavy atom. The van der Waals surface area contributed by atoms with Crippen LogP contribution in [0.25, 0.3) is 0 Å². The highest BCUT2D eigenvalue weighted by Crippen LogP contribution is 2.11. The highest BCUT2D eigenvalue weighted by molar-refractivity contribution is 5.15. The van der Waals surface area contributed by atoms with Crippen molar-refractivity contribution in [3.63, 3.8) is 0 Å². The summed E-state index contributed by atoms with van der Waals surface area (Å²) in [6, 6.07) is 4.36. The minimum atomic E-state index is 1.14. The lowest BCUT2D eigenvalue weighted by atomic mass is 10.0. The third-order valence-corrected chi connectivity index (χ3v) is 3.28. The van der Waals surface area contributed by atoms with Crippen molar-refractivity contribution >= 4 is 0 Å². The van der Waals surface area contributed by atoms with Crippen molar-refractivity contribution in [2.75, 3.05) is 0 Å². The van der Waals surface area contributed by atoms with Crippen molar-refractivity contribution in [1.29, 1.82) is 0 Å². The predicted molar refractivity (Wildman–Crippen MR) is 75.3 cm³/mol. The average molecular weight is 233 g/mol. The summed E-state index contributed by atoms with van der Waals surface area (Å²) in [6.07, 6.45) is 14.3. The van der Waals surface area contributed by atoms with Gasteiger partial charge in [-0.15, -0.1) is 0 Å². The molecule has 1 nitrogen and oxygen atoms in total. The Hall–Kier alpha value is -0.850. The Kier molecular flexibility index (Phi) is 7.70. The van der Waals surface area contributed by atoms with Gasteiger partial charge in [-0.2, -0.15) is 0 Å². The molecule has 1 rings (SSSR count). The van der Waals surface area contributed by atoms with Gasteiger partial charge in [0.25, 0.3) is 0 Å². The van der Waals surface area contributed by atoms with Gasteiger partial charge in [0.1, 0.15) is 0 Å². The van der Waals surface area contributed by atoms with E-state index in [-0.39, 0.29) is 0 Å². The third-order valence-electron chi connectivity index (χ3n) is 3.28. The van der Waals surface area contributed by atoms with E-state index in [4.69, 9.17) is 0 Å². The number of aromatic nitrogens is 1. The molecule has 96 valence electrons. The molecule has 0 bridgehead atoms. The first-order valence-corrected chi connectivity index (χ1v) is 7.24. The van der Waals surface area contributed by atoms with Crippen molar-refractivity contribution in [2.24, 2.45) is 0 Å². The number of hydrogen-bond acceptors (Lipinski definition) is 1. The Bertz CT molecular complexity index is 293. The van der Waals surface area contributed by atoms with Crippen LogP contribution in [0.4, 0.5) is 0 Å². The van der Waals surface area contributed by atoms with Crippen molar-refractivity contribution in [3.8, 4) is 0 Å². The topological polar surface area (TPSA) is 12.9 Å². The van der Waals surface area contributed by atoms with E-state index in [1.54, 1.807) is 0 Å². The second kappa shape index (κ2) is 9.21. The lowest BCUT2D eigenvalue weighted by Gasteiger charge is -2.03. The summed E-state index contributed by atoms with van der Waals surface area (Å²) in [5, 5.41) is 0. The van der Waals surface area contributed by atoms with Gasteiger partial charge in [-0.05, 0) is 37.5 Å². The molecular weight excluding hydrogens is 206 g/mol. The fourth-order valence-corrected chi connectivity index (χ4v) is 2.22. The number of pyridine rings is 1. The molecule has 0 spiro atoms. The molecule has 0 aromatic carbocycles. The Morgan fingerprint density at radius 3 is 2.24 bits per heavy atom. The van der Waals surface area contributed by atoms with Gasteiger partial charge in [-0.25, -0.2) is 0 Å². The van der Waals surface area contributed by atoms with E-state index in [1.165, 1.54) is 63.4 Å². The van der Waals surface area contributed by atoms with Gasteiger partial charge in [0.2, 0.25) is 0 Å². The van der Waals surface area contributed by atoms with Gasteiger partial charge in [0, 0.05) is 11.9 Å². The summed E-state index contributed by atoms with van der Waals surface area (Å²) in [5.41, 5.74) is 2.59. The Morgan fingerprint density at radius 2 is 1.59 bits per heavy atom. The molecule has 0 aliphatic heterocycles. The Labute approximate surface area is 107 Å². The van der Waals surface area contributed by atoms with Crippen LogP contribution in [0.2, 0.25) is 0 Å². The largest absolute Gasteiger partial charge is 0.262 e. The minimum Gasteiger partial charge on any atom is -0.262 e. The second-order valence-electron chi connectivity index (χ2n) is 5.03. The molecule has 0 amide bonds. The van der Waals surface area contributed by atoms with Crippen LogP contribution in [0.1, 0.15) is 69.5 Å². The fourth-order valence-electron chi connectivity index (χ4n) is 2.22. The molecule has 0 saturated heterocycles. The zero-order valence-electron chi connectivity index (χ0n) is 11.5. The molecule has 1 heteroatoms. The predicted octanol–water partition coefficient (Wildman–Crippen LogP) is 5.07. The van der Waals surface area contributed by atoms with Crippen LogP contribution in [0.15, 0.2) is 18.3 Å². The normalized spacial score (nSPS) is 10.7. The molecule has 0 fully saturated rings. The summed E-state index contributed by atoms with van der Waals surface area (Å²) in [4.78, 5) is 4.23. The molecule has 1 aromatic heterocycles. The zero-order chi connectivity index (χ0) is 12.3. The highest BCUT2D eigenvalue weighted by Gasteiger charge is 1.95. The monoisotopic (exact) mass is 233 g/mol. The Balaban J connectivity index is 1.97. The van der Waals surface area contributed by atoms with Gasteiger partial charge in [-0.3, -0.25) is 4.98 Å². The quantitative estimate of drug-likeness (QED) is 0.542. The van der Waals surface area contributed by atoms with Crippen LogP contribution in [0, 0.1) is 6.92 Å². The number of nitrogens with zero attached hydrogens (tertiary/aromatic N) is 1. The van der Waals surface area contributed by atoms with E-state index in [2.05, 4.69) is 31.0 Å². The first kappa shape index (κ1) is 14.2. The summed E-state index contributed by atoms with van der Waals surface area (Å²) >= 11 is 0. The van der Waals surface area contributed by atoms with E-state index in [0.29, 0.717) is 0 Å². The maximum absolute atomic E-state index is 4.23. The van der Waals surface area contributed by atoms with E-state index in [0.717, 1.165) is 5.69 Å². The van der Waals surface area contributed by atoms with Crippen molar-refractivity contribution in [1.82, 2.24) is 4.98 Å². The maximum Gasteiger partial charge on any atom is 0.0375 e. The van der Waals surface area contributed by atoms with Gasteiger partial charge in [-0.1, -0.05) is 51.9 Å². The van der Waals surface area contributed by atoms with E-state index in [9.17, 15) is 0 Å². The third kappa shape index (κ3) is 7.14. The van der Waals surface area contributed by atoms with E-state index >= 15 is 0 Å². The molecule has 0 saturated carbocycles. The zero-order valence-corrected chi connectivity index (χ0v) is 11.5. The van der Waals surface area contributed by atoms with Gasteiger partial charge in [0.05, 0.1) is 0 Å². The first-order valence-electron chi connectivity index (χ1n) is 7.24. The van der Waals surface area contributed by atoms with Crippen molar-refractivity contribution in [3.05, 3.63) is 29.6 Å². The van der Waals surface area contributed by atoms with Crippen molar-refractivity contribution < 1.29 is 0 Å². The van der Waals surface area contributed by atoms with E-state index in [1.807, 2.05) is 6.20 Å². The lowest BCUT2D eigenvalue weighted by Crippen LogP contribution is -1.89. The maximum atomic E-state index is 4.23. The molecular formula is C16H27N. The van der Waals surface area contributed by atoms with E-state index < -0.39 is 0 Å². The molecule has 0 aliphatic carbocycles. The molecule has 1 aromatic rings. The molecule has 0 atom stereocenters. The van der Waals surface area contributed by atoms with Gasteiger partial charge >= 0.3 is 0 Å². The molecule has 0 aliphatic rings. The fraction of sp³-hybridized carbons (Fsp3) is 0.688. The molecule has 1 heterocycles. The smallest absolute Gasteiger partial charge is 0.0375 e. The minimum absolute atomic E-state index is 1.14. The van der Waals surface area contributed by atoms with Crippen molar-refractivity contribution in [2.45, 2.75) is 71.6 Å². The second-order valence-corrected chi connectivity index (χ2v) is 5.03. The highest BCUT2D eigenvalue weighted by atomic mass is 14.6. The van der Waals surface area contributed by atoms with Crippen LogP contribution >= 0.6 is 0 Å². The van der Waals surface area contributed by atoms with Crippen LogP contribution in [-0.4, -0.2) is 4.98 Å². The summed E-state index contributed by atoms with van der Waals surface area (Å²) < 4.78 is 0. The first-order chi connectivity index (χ1) is 8.33. The summed E-state index contributed by atoms with van der Waals surface area (Å²) in [5.74, 6) is 0. The summed E-state index contributed by atoms with van der Waals surface area (Å²) in [6.45, 7) is 4.34. The molecule has 17 heavy (non-hydrogen) atoms. The standard InChI is InChI=1S/C16H27N/c1-3-4-5-6-7-8-9-10-11-16-12-13-17-15(2)14-16/h12-14H,3-11H2,1-2H3. The van der Waals surface area contributed by atoms with Crippen LogP contribution < -0.4 is 0 Å². The van der Waals surface area contributed by atoms with Crippen LogP contribution in [0.3, 0.4) is 0 Å². The SMILES string of the molecule is CCCCCCCCCCc1ccnc(C)c1. The average Bonchev–Trinajstić information content (AvgIpc) is 2.33. The molecule has 0 N–H and O–H groups in total. The number of aryl methyl sites for hydroxylation is 2.